The number of hydrogen-bond donors (Lipinski definition) is 2. The molecule has 140 valence electrons. The highest BCUT2D eigenvalue weighted by molar-refractivity contribution is 6.35. The van der Waals surface area contributed by atoms with E-state index in [1.807, 2.05) is 19.9 Å². The number of nitrogens with zero attached hydrogens (tertiary/aromatic N) is 4. The van der Waals surface area contributed by atoms with Gasteiger partial charge in [0.25, 0.3) is 5.91 Å². The molecular formula is C18H18Cl2N6O. The molecule has 2 N–H and O–H groups in total. The van der Waals surface area contributed by atoms with E-state index in [1.165, 1.54) is 12.4 Å². The number of anilines is 1. The van der Waals surface area contributed by atoms with Gasteiger partial charge >= 0.3 is 0 Å². The van der Waals surface area contributed by atoms with E-state index in [0.717, 1.165) is 11.4 Å². The van der Waals surface area contributed by atoms with Gasteiger partial charge in [0.15, 0.2) is 5.82 Å². The second-order valence-electron chi connectivity index (χ2n) is 5.91. The molecule has 0 saturated heterocycles. The van der Waals surface area contributed by atoms with Crippen LogP contribution < -0.4 is 10.6 Å². The number of rotatable bonds is 6. The van der Waals surface area contributed by atoms with Crippen molar-refractivity contribution in [3.63, 3.8) is 0 Å². The summed E-state index contributed by atoms with van der Waals surface area (Å²) >= 11 is 11.9. The summed E-state index contributed by atoms with van der Waals surface area (Å²) in [7, 11) is 0. The Morgan fingerprint density at radius 2 is 1.93 bits per heavy atom. The van der Waals surface area contributed by atoms with Crippen molar-refractivity contribution in [3.05, 3.63) is 63.7 Å². The predicted molar refractivity (Wildman–Crippen MR) is 106 cm³/mol. The Kier molecular flexibility index (Phi) is 5.93. The molecule has 1 aromatic carbocycles. The first-order valence-corrected chi connectivity index (χ1v) is 9.02. The van der Waals surface area contributed by atoms with Gasteiger partial charge in [-0.1, -0.05) is 23.2 Å². The summed E-state index contributed by atoms with van der Waals surface area (Å²) in [5.41, 5.74) is 2.25. The maximum absolute atomic E-state index is 12.2. The molecule has 3 aromatic rings. The molecule has 0 spiro atoms. The number of carbonyl (C=O) groups excluding carboxylic acids is 1. The zero-order valence-corrected chi connectivity index (χ0v) is 16.3. The van der Waals surface area contributed by atoms with Crippen molar-refractivity contribution < 1.29 is 4.79 Å². The molecule has 2 heterocycles. The van der Waals surface area contributed by atoms with Crippen LogP contribution in [0.25, 0.3) is 5.82 Å². The summed E-state index contributed by atoms with van der Waals surface area (Å²) < 4.78 is 1.76. The minimum atomic E-state index is -0.282. The van der Waals surface area contributed by atoms with Gasteiger partial charge in [-0.3, -0.25) is 4.79 Å². The van der Waals surface area contributed by atoms with Crippen molar-refractivity contribution in [1.29, 1.82) is 0 Å². The van der Waals surface area contributed by atoms with Crippen LogP contribution in [0.1, 0.15) is 21.7 Å². The van der Waals surface area contributed by atoms with Gasteiger partial charge in [0.05, 0.1) is 16.3 Å². The molecule has 0 radical (unpaired) electrons. The van der Waals surface area contributed by atoms with Gasteiger partial charge in [-0.05, 0) is 38.1 Å². The Hall–Kier alpha value is -2.64. The maximum atomic E-state index is 12.2. The quantitative estimate of drug-likeness (QED) is 0.614. The molecule has 27 heavy (non-hydrogen) atoms. The molecule has 7 nitrogen and oxygen atoms in total. The lowest BCUT2D eigenvalue weighted by atomic mass is 10.2. The number of benzene rings is 1. The number of hydrogen-bond acceptors (Lipinski definition) is 5. The van der Waals surface area contributed by atoms with Crippen molar-refractivity contribution in [2.45, 2.75) is 13.8 Å². The highest BCUT2D eigenvalue weighted by Gasteiger charge is 2.10. The topological polar surface area (TPSA) is 84.7 Å². The van der Waals surface area contributed by atoms with Gasteiger partial charge < -0.3 is 10.6 Å². The van der Waals surface area contributed by atoms with Crippen molar-refractivity contribution in [2.75, 3.05) is 18.4 Å². The fourth-order valence-electron chi connectivity index (χ4n) is 2.55. The van der Waals surface area contributed by atoms with Gasteiger partial charge in [-0.2, -0.15) is 5.10 Å². The van der Waals surface area contributed by atoms with Gasteiger partial charge in [0.1, 0.15) is 12.1 Å². The van der Waals surface area contributed by atoms with E-state index in [1.54, 1.807) is 22.9 Å². The first-order chi connectivity index (χ1) is 12.9. The molecule has 0 aliphatic heterocycles. The zero-order chi connectivity index (χ0) is 19.4. The fraction of sp³-hybridized carbons (Fsp3) is 0.222. The molecule has 9 heteroatoms. The molecular weight excluding hydrogens is 387 g/mol. The van der Waals surface area contributed by atoms with E-state index in [2.05, 4.69) is 25.7 Å². The van der Waals surface area contributed by atoms with Crippen molar-refractivity contribution >= 4 is 34.9 Å². The molecule has 1 amide bonds. The van der Waals surface area contributed by atoms with Gasteiger partial charge in [-0.25, -0.2) is 14.6 Å². The van der Waals surface area contributed by atoms with Gasteiger partial charge in [0.2, 0.25) is 0 Å². The minimum absolute atomic E-state index is 0.282. The highest BCUT2D eigenvalue weighted by Crippen LogP contribution is 2.20. The third-order valence-electron chi connectivity index (χ3n) is 3.77. The predicted octanol–water partition coefficient (Wildman–Crippen LogP) is 3.43. The van der Waals surface area contributed by atoms with Crippen molar-refractivity contribution in [1.82, 2.24) is 25.1 Å². The Morgan fingerprint density at radius 3 is 2.67 bits per heavy atom. The fourth-order valence-corrected chi connectivity index (χ4v) is 2.93. The second-order valence-corrected chi connectivity index (χ2v) is 6.75. The van der Waals surface area contributed by atoms with Crippen LogP contribution in [-0.2, 0) is 0 Å². The third kappa shape index (κ3) is 4.75. The molecule has 3 rings (SSSR count). The number of aromatic nitrogens is 4. The Labute approximate surface area is 166 Å². The van der Waals surface area contributed by atoms with E-state index in [0.29, 0.717) is 40.3 Å². The van der Waals surface area contributed by atoms with E-state index in [-0.39, 0.29) is 5.91 Å². The van der Waals surface area contributed by atoms with Gasteiger partial charge in [0, 0.05) is 29.9 Å². The average molecular weight is 405 g/mol. The molecule has 0 bridgehead atoms. The first kappa shape index (κ1) is 19.1. The smallest absolute Gasteiger partial charge is 0.252 e. The van der Waals surface area contributed by atoms with Crippen LogP contribution in [0.15, 0.2) is 36.7 Å². The lowest BCUT2D eigenvalue weighted by molar-refractivity contribution is 0.0955. The minimum Gasteiger partial charge on any atom is -0.368 e. The number of carbonyl (C=O) groups is 1. The van der Waals surface area contributed by atoms with Crippen molar-refractivity contribution in [2.24, 2.45) is 0 Å². The lowest BCUT2D eigenvalue weighted by Gasteiger charge is -2.10. The monoisotopic (exact) mass is 404 g/mol. The third-order valence-corrected chi connectivity index (χ3v) is 4.33. The standard InChI is InChI=1S/C18H18Cl2N6O/c1-11-7-12(2)26(25-11)17-9-16(23-10-24-17)21-5-6-22-18(27)14-8-13(19)3-4-15(14)20/h3-4,7-10H,5-6H2,1-2H3,(H,22,27)(H,21,23,24). The molecule has 0 aliphatic carbocycles. The van der Waals surface area contributed by atoms with E-state index < -0.39 is 0 Å². The van der Waals surface area contributed by atoms with Gasteiger partial charge in [-0.15, -0.1) is 0 Å². The van der Waals surface area contributed by atoms with Crippen LogP contribution in [0.5, 0.6) is 0 Å². The summed E-state index contributed by atoms with van der Waals surface area (Å²) in [5, 5.41) is 11.2. The number of nitrogens with one attached hydrogen (secondary N) is 2. The summed E-state index contributed by atoms with van der Waals surface area (Å²) in [6.45, 7) is 4.77. The van der Waals surface area contributed by atoms with E-state index in [4.69, 9.17) is 23.2 Å². The SMILES string of the molecule is Cc1cc(C)n(-c2cc(NCCNC(=O)c3cc(Cl)ccc3Cl)ncn2)n1. The Morgan fingerprint density at radius 1 is 1.11 bits per heavy atom. The zero-order valence-electron chi connectivity index (χ0n) is 14.8. The van der Waals surface area contributed by atoms with Crippen LogP contribution in [0.4, 0.5) is 5.82 Å². The summed E-state index contributed by atoms with van der Waals surface area (Å²) in [4.78, 5) is 20.6. The van der Waals surface area contributed by atoms with Crippen LogP contribution >= 0.6 is 23.2 Å². The summed E-state index contributed by atoms with van der Waals surface area (Å²) in [5.74, 6) is 1.03. The Balaban J connectivity index is 1.56. The van der Waals surface area contributed by atoms with E-state index in [9.17, 15) is 4.79 Å². The maximum Gasteiger partial charge on any atom is 0.252 e. The molecule has 0 atom stereocenters. The number of amides is 1. The number of halogens is 2. The van der Waals surface area contributed by atoms with E-state index >= 15 is 0 Å². The molecule has 0 unspecified atom stereocenters. The molecule has 0 aliphatic rings. The van der Waals surface area contributed by atoms with Crippen LogP contribution in [0.3, 0.4) is 0 Å². The number of aryl methyl sites for hydroxylation is 2. The normalized spacial score (nSPS) is 10.7. The van der Waals surface area contributed by atoms with Crippen LogP contribution in [-0.4, -0.2) is 38.7 Å². The molecule has 2 aromatic heterocycles. The largest absolute Gasteiger partial charge is 0.368 e. The second kappa shape index (κ2) is 8.37. The first-order valence-electron chi connectivity index (χ1n) is 8.27. The van der Waals surface area contributed by atoms with Crippen LogP contribution in [0.2, 0.25) is 10.0 Å². The molecule has 0 fully saturated rings. The highest BCUT2D eigenvalue weighted by atomic mass is 35.5. The lowest BCUT2D eigenvalue weighted by Crippen LogP contribution is -2.29. The summed E-state index contributed by atoms with van der Waals surface area (Å²) in [6.07, 6.45) is 1.47. The van der Waals surface area contributed by atoms with Crippen LogP contribution in [0, 0.1) is 13.8 Å². The average Bonchev–Trinajstić information content (AvgIpc) is 2.99. The van der Waals surface area contributed by atoms with Crippen molar-refractivity contribution in [3.8, 4) is 5.82 Å². The summed E-state index contributed by atoms with van der Waals surface area (Å²) in [6, 6.07) is 8.55. The Bertz CT molecular complexity index is 972. The molecule has 0 saturated carbocycles.